The minimum atomic E-state index is 0.830. The molecule has 3 nitrogen and oxygen atoms in total. The molecule has 0 aliphatic rings. The number of nitrogens with one attached hydrogen (secondary N) is 1. The van der Waals surface area contributed by atoms with E-state index in [1.54, 1.807) is 12.4 Å². The Morgan fingerprint density at radius 3 is 2.73 bits per heavy atom. The highest BCUT2D eigenvalue weighted by atomic mass is 15.0. The highest BCUT2D eigenvalue weighted by molar-refractivity contribution is 5.30. The fraction of sp³-hybridized carbons (Fsp3) is 0.667. The lowest BCUT2D eigenvalue weighted by atomic mass is 10.0. The summed E-state index contributed by atoms with van der Waals surface area (Å²) in [6.45, 7) is 7.47. The predicted molar refractivity (Wildman–Crippen MR) is 63.9 cm³/mol. The molecule has 1 atom stereocenters. The molecule has 1 unspecified atom stereocenters. The Labute approximate surface area is 92.3 Å². The molecule has 0 saturated heterocycles. The first-order valence-corrected chi connectivity index (χ1v) is 5.75. The van der Waals surface area contributed by atoms with Crippen molar-refractivity contribution in [3.63, 3.8) is 0 Å². The molecule has 3 heteroatoms. The molecule has 1 rings (SSSR count). The Balaban J connectivity index is 2.17. The number of hydrogen-bond acceptors (Lipinski definition) is 3. The molecule has 0 bridgehead atoms. The Morgan fingerprint density at radius 1 is 1.33 bits per heavy atom. The number of aromatic nitrogens is 2. The van der Waals surface area contributed by atoms with E-state index in [4.69, 9.17) is 0 Å². The van der Waals surface area contributed by atoms with Gasteiger partial charge < -0.3 is 5.32 Å². The molecular weight excluding hydrogens is 186 g/mol. The summed E-state index contributed by atoms with van der Waals surface area (Å²) in [5, 5.41) is 3.28. The average Bonchev–Trinajstić information content (AvgIpc) is 2.26. The van der Waals surface area contributed by atoms with Crippen molar-refractivity contribution in [2.24, 2.45) is 5.92 Å². The van der Waals surface area contributed by atoms with Crippen LogP contribution in [0, 0.1) is 12.8 Å². The van der Waals surface area contributed by atoms with Gasteiger partial charge in [0.2, 0.25) is 0 Å². The van der Waals surface area contributed by atoms with Gasteiger partial charge in [-0.15, -0.1) is 0 Å². The number of hydrogen-bond donors (Lipinski definition) is 1. The van der Waals surface area contributed by atoms with Gasteiger partial charge in [-0.1, -0.05) is 20.3 Å². The highest BCUT2D eigenvalue weighted by Crippen LogP contribution is 2.09. The van der Waals surface area contributed by atoms with Crippen molar-refractivity contribution in [2.75, 3.05) is 11.9 Å². The molecule has 0 aliphatic carbocycles. The van der Waals surface area contributed by atoms with Crippen LogP contribution < -0.4 is 5.32 Å². The molecule has 1 N–H and O–H groups in total. The molecule has 1 heterocycles. The summed E-state index contributed by atoms with van der Waals surface area (Å²) < 4.78 is 0. The van der Waals surface area contributed by atoms with Crippen molar-refractivity contribution >= 4 is 5.82 Å². The van der Waals surface area contributed by atoms with Gasteiger partial charge >= 0.3 is 0 Å². The third kappa shape index (κ3) is 4.77. The van der Waals surface area contributed by atoms with Crippen molar-refractivity contribution in [1.82, 2.24) is 9.97 Å². The van der Waals surface area contributed by atoms with E-state index in [0.29, 0.717) is 0 Å². The molecule has 1 aromatic rings. The topological polar surface area (TPSA) is 37.8 Å². The largest absolute Gasteiger partial charge is 0.369 e. The molecule has 0 aliphatic heterocycles. The van der Waals surface area contributed by atoms with Crippen LogP contribution in [0.1, 0.15) is 38.8 Å². The zero-order chi connectivity index (χ0) is 11.1. The molecule has 0 aromatic carbocycles. The van der Waals surface area contributed by atoms with Crippen molar-refractivity contribution in [1.29, 1.82) is 0 Å². The zero-order valence-corrected chi connectivity index (χ0v) is 9.95. The van der Waals surface area contributed by atoms with E-state index in [2.05, 4.69) is 29.1 Å². The summed E-state index contributed by atoms with van der Waals surface area (Å²) in [4.78, 5) is 8.43. The van der Waals surface area contributed by atoms with Gasteiger partial charge in [-0.2, -0.15) is 0 Å². The summed E-state index contributed by atoms with van der Waals surface area (Å²) in [7, 11) is 0. The van der Waals surface area contributed by atoms with Crippen LogP contribution in [0.2, 0.25) is 0 Å². The lowest BCUT2D eigenvalue weighted by Gasteiger charge is -2.08. The van der Waals surface area contributed by atoms with E-state index in [9.17, 15) is 0 Å². The van der Waals surface area contributed by atoms with Gasteiger partial charge in [0.05, 0.1) is 18.1 Å². The van der Waals surface area contributed by atoms with E-state index in [1.165, 1.54) is 19.3 Å². The molecule has 0 radical (unpaired) electrons. The van der Waals surface area contributed by atoms with Gasteiger partial charge in [-0.3, -0.25) is 4.98 Å². The second-order valence-electron chi connectivity index (χ2n) is 4.13. The average molecular weight is 207 g/mol. The first kappa shape index (κ1) is 12.0. The Kier molecular flexibility index (Phi) is 5.08. The van der Waals surface area contributed by atoms with Crippen molar-refractivity contribution in [3.8, 4) is 0 Å². The number of rotatable bonds is 6. The number of aryl methyl sites for hydroxylation is 1. The van der Waals surface area contributed by atoms with E-state index >= 15 is 0 Å². The molecule has 15 heavy (non-hydrogen) atoms. The summed E-state index contributed by atoms with van der Waals surface area (Å²) >= 11 is 0. The summed E-state index contributed by atoms with van der Waals surface area (Å²) in [5.41, 5.74) is 0.958. The SMILES string of the molecule is CCC(C)CCCNc1cnc(C)cn1. The van der Waals surface area contributed by atoms with Crippen LogP contribution in [0.15, 0.2) is 12.4 Å². The van der Waals surface area contributed by atoms with Crippen molar-refractivity contribution in [3.05, 3.63) is 18.1 Å². The molecule has 1 aromatic heterocycles. The molecule has 0 amide bonds. The first-order valence-electron chi connectivity index (χ1n) is 5.75. The van der Waals surface area contributed by atoms with Crippen LogP contribution >= 0.6 is 0 Å². The van der Waals surface area contributed by atoms with E-state index in [1.807, 2.05) is 6.92 Å². The normalized spacial score (nSPS) is 12.5. The smallest absolute Gasteiger partial charge is 0.144 e. The summed E-state index contributed by atoms with van der Waals surface area (Å²) in [6.07, 6.45) is 7.33. The number of anilines is 1. The minimum Gasteiger partial charge on any atom is -0.369 e. The molecule has 84 valence electrons. The second kappa shape index (κ2) is 6.38. The quantitative estimate of drug-likeness (QED) is 0.729. The second-order valence-corrected chi connectivity index (χ2v) is 4.13. The monoisotopic (exact) mass is 207 g/mol. The third-order valence-corrected chi connectivity index (χ3v) is 2.66. The Bertz CT molecular complexity index is 269. The van der Waals surface area contributed by atoms with Gasteiger partial charge in [0.1, 0.15) is 5.82 Å². The lowest BCUT2D eigenvalue weighted by Crippen LogP contribution is -2.05. The summed E-state index contributed by atoms with van der Waals surface area (Å²) in [5.74, 6) is 1.71. The predicted octanol–water partition coefficient (Wildman–Crippen LogP) is 3.02. The summed E-state index contributed by atoms with van der Waals surface area (Å²) in [6, 6.07) is 0. The van der Waals surface area contributed by atoms with Gasteiger partial charge in [-0.25, -0.2) is 4.98 Å². The minimum absolute atomic E-state index is 0.830. The van der Waals surface area contributed by atoms with Crippen LogP contribution in [0.3, 0.4) is 0 Å². The van der Waals surface area contributed by atoms with Crippen molar-refractivity contribution < 1.29 is 0 Å². The molecule has 0 fully saturated rings. The van der Waals surface area contributed by atoms with Crippen LogP contribution in [0.5, 0.6) is 0 Å². The van der Waals surface area contributed by atoms with Gasteiger partial charge in [0.15, 0.2) is 0 Å². The standard InChI is InChI=1S/C12H21N3/c1-4-10(2)6-5-7-13-12-9-14-11(3)8-15-12/h8-10H,4-7H2,1-3H3,(H,13,15). The van der Waals surface area contributed by atoms with Crippen LogP contribution in [-0.4, -0.2) is 16.5 Å². The third-order valence-electron chi connectivity index (χ3n) is 2.66. The highest BCUT2D eigenvalue weighted by Gasteiger charge is 1.98. The van der Waals surface area contributed by atoms with E-state index in [-0.39, 0.29) is 0 Å². The van der Waals surface area contributed by atoms with Crippen LogP contribution in [0.25, 0.3) is 0 Å². The van der Waals surface area contributed by atoms with Gasteiger partial charge in [-0.05, 0) is 25.7 Å². The lowest BCUT2D eigenvalue weighted by molar-refractivity contribution is 0.503. The van der Waals surface area contributed by atoms with Crippen LogP contribution in [-0.2, 0) is 0 Å². The van der Waals surface area contributed by atoms with Crippen LogP contribution in [0.4, 0.5) is 5.82 Å². The molecule has 0 spiro atoms. The fourth-order valence-electron chi connectivity index (χ4n) is 1.35. The molecule has 0 saturated carbocycles. The zero-order valence-electron chi connectivity index (χ0n) is 9.95. The Morgan fingerprint density at radius 2 is 2.13 bits per heavy atom. The van der Waals surface area contributed by atoms with Gasteiger partial charge in [0.25, 0.3) is 0 Å². The maximum Gasteiger partial charge on any atom is 0.144 e. The number of nitrogens with zero attached hydrogens (tertiary/aromatic N) is 2. The van der Waals surface area contributed by atoms with E-state index < -0.39 is 0 Å². The maximum atomic E-state index is 4.24. The van der Waals surface area contributed by atoms with E-state index in [0.717, 1.165) is 24.0 Å². The van der Waals surface area contributed by atoms with Crippen molar-refractivity contribution in [2.45, 2.75) is 40.0 Å². The van der Waals surface area contributed by atoms with Gasteiger partial charge in [0, 0.05) is 6.54 Å². The maximum absolute atomic E-state index is 4.24. The first-order chi connectivity index (χ1) is 7.22. The fourth-order valence-corrected chi connectivity index (χ4v) is 1.35. The Hall–Kier alpha value is -1.12. The molecular formula is C12H21N3.